The third kappa shape index (κ3) is 4.06. The normalized spacial score (nSPS) is 10.3. The lowest BCUT2D eigenvalue weighted by molar-refractivity contribution is 0.129. The van der Waals surface area contributed by atoms with Crippen LogP contribution in [0.3, 0.4) is 0 Å². The van der Waals surface area contributed by atoms with Gasteiger partial charge < -0.3 is 4.74 Å². The molecule has 0 heterocycles. The van der Waals surface area contributed by atoms with Crippen molar-refractivity contribution >= 4 is 17.5 Å². The first kappa shape index (κ1) is 12.9. The summed E-state index contributed by atoms with van der Waals surface area (Å²) in [7, 11) is 0. The summed E-state index contributed by atoms with van der Waals surface area (Å²) < 4.78 is 7.26. The van der Waals surface area contributed by atoms with Crippen molar-refractivity contribution in [3.63, 3.8) is 0 Å². The van der Waals surface area contributed by atoms with Crippen LogP contribution in [0, 0.1) is 0 Å². The molecule has 2 nitrogen and oxygen atoms in total. The van der Waals surface area contributed by atoms with Gasteiger partial charge in [0, 0.05) is 11.8 Å². The first-order valence-electron chi connectivity index (χ1n) is 5.96. The topological polar surface area (TPSA) is 12.5 Å². The number of anilines is 1. The van der Waals surface area contributed by atoms with Gasteiger partial charge in [0.25, 0.3) is 0 Å². The van der Waals surface area contributed by atoms with E-state index in [-0.39, 0.29) is 0 Å². The van der Waals surface area contributed by atoms with E-state index in [9.17, 15) is 0 Å². The van der Waals surface area contributed by atoms with Crippen molar-refractivity contribution in [2.45, 2.75) is 6.61 Å². The molecule has 0 atom stereocenters. The Morgan fingerprint density at radius 1 is 0.889 bits per heavy atom. The van der Waals surface area contributed by atoms with E-state index in [0.717, 1.165) is 5.69 Å². The van der Waals surface area contributed by atoms with E-state index >= 15 is 0 Å². The average molecular weight is 262 g/mol. The van der Waals surface area contributed by atoms with Crippen LogP contribution in [-0.4, -0.2) is 13.2 Å². The number of ether oxygens (including phenoxy) is 1. The molecule has 0 saturated carbocycles. The second kappa shape index (κ2) is 7.04. The molecule has 94 valence electrons. The smallest absolute Gasteiger partial charge is 0.0717 e. The Morgan fingerprint density at radius 3 is 2.17 bits per heavy atom. The van der Waals surface area contributed by atoms with Crippen LogP contribution >= 0.6 is 11.8 Å². The van der Waals surface area contributed by atoms with E-state index in [2.05, 4.69) is 12.1 Å². The molecule has 0 radical (unpaired) electrons. The molecule has 0 amide bonds. The zero-order chi connectivity index (χ0) is 12.6. The predicted molar refractivity (Wildman–Crippen MR) is 75.7 cm³/mol. The molecule has 2 aromatic carbocycles. The van der Waals surface area contributed by atoms with E-state index in [1.54, 1.807) is 4.42 Å². The zero-order valence-electron chi connectivity index (χ0n) is 10.1. The molecule has 0 N–H and O–H groups in total. The maximum atomic E-state index is 6.14. The molecule has 2 aromatic rings. The van der Waals surface area contributed by atoms with Crippen molar-refractivity contribution in [1.29, 1.82) is 0 Å². The van der Waals surface area contributed by atoms with Crippen LogP contribution in [0.15, 0.2) is 60.7 Å². The Bertz CT molecular complexity index is 447. The van der Waals surface area contributed by atoms with Gasteiger partial charge in [0.05, 0.1) is 25.4 Å². The maximum absolute atomic E-state index is 6.14. The van der Waals surface area contributed by atoms with Crippen molar-refractivity contribution in [2.24, 2.45) is 0 Å². The highest BCUT2D eigenvalue weighted by molar-refractivity contribution is 6.25. The van der Waals surface area contributed by atoms with Gasteiger partial charge in [0.1, 0.15) is 0 Å². The predicted octanol–water partition coefficient (Wildman–Crippen LogP) is 3.86. The molecule has 0 fully saturated rings. The monoisotopic (exact) mass is 261 g/mol. The van der Waals surface area contributed by atoms with Crippen molar-refractivity contribution in [3.8, 4) is 0 Å². The van der Waals surface area contributed by atoms with Gasteiger partial charge in [0.2, 0.25) is 0 Å². The minimum atomic E-state index is 0.604. The Balaban J connectivity index is 1.70. The van der Waals surface area contributed by atoms with Crippen LogP contribution < -0.4 is 4.42 Å². The number of rotatable bonds is 6. The van der Waals surface area contributed by atoms with Gasteiger partial charge in [-0.25, -0.2) is 0 Å². The van der Waals surface area contributed by atoms with Crippen LogP contribution in [0.2, 0.25) is 0 Å². The summed E-state index contributed by atoms with van der Waals surface area (Å²) in [6, 6.07) is 20.0. The largest absolute Gasteiger partial charge is 0.375 e. The lowest BCUT2D eigenvalue weighted by atomic mass is 10.2. The number of benzene rings is 2. The second-order valence-electron chi connectivity index (χ2n) is 3.96. The quantitative estimate of drug-likeness (QED) is 0.578. The van der Waals surface area contributed by atoms with Crippen LogP contribution in [0.4, 0.5) is 5.69 Å². The van der Waals surface area contributed by atoms with E-state index in [1.165, 1.54) is 5.56 Å². The minimum absolute atomic E-state index is 0.604. The van der Waals surface area contributed by atoms with Crippen LogP contribution in [0.5, 0.6) is 0 Å². The molecule has 0 aliphatic rings. The zero-order valence-corrected chi connectivity index (χ0v) is 10.9. The fourth-order valence-electron chi connectivity index (χ4n) is 1.63. The van der Waals surface area contributed by atoms with Gasteiger partial charge in [-0.1, -0.05) is 48.5 Å². The molecular weight excluding hydrogens is 246 g/mol. The van der Waals surface area contributed by atoms with E-state index in [1.807, 2.05) is 48.5 Å². The second-order valence-corrected chi connectivity index (χ2v) is 4.37. The van der Waals surface area contributed by atoms with E-state index in [0.29, 0.717) is 19.8 Å². The lowest BCUT2D eigenvalue weighted by Crippen LogP contribution is -2.16. The SMILES string of the molecule is ClN(CCOCc1ccccc1)c1ccccc1. The summed E-state index contributed by atoms with van der Waals surface area (Å²) in [5, 5.41) is 0. The number of nitrogens with zero attached hydrogens (tertiary/aromatic N) is 1. The molecule has 3 heteroatoms. The Kier molecular flexibility index (Phi) is 5.06. The van der Waals surface area contributed by atoms with Gasteiger partial charge in [0.15, 0.2) is 0 Å². The molecule has 0 bridgehead atoms. The average Bonchev–Trinajstić information content (AvgIpc) is 2.45. The van der Waals surface area contributed by atoms with E-state index in [4.69, 9.17) is 16.5 Å². The van der Waals surface area contributed by atoms with E-state index < -0.39 is 0 Å². The fourth-order valence-corrected chi connectivity index (χ4v) is 1.81. The molecule has 0 aliphatic heterocycles. The van der Waals surface area contributed by atoms with Crippen molar-refractivity contribution in [1.82, 2.24) is 0 Å². The molecule has 0 saturated heterocycles. The molecule has 0 aromatic heterocycles. The number of hydrogen-bond donors (Lipinski definition) is 0. The minimum Gasteiger partial charge on any atom is -0.375 e. The highest BCUT2D eigenvalue weighted by Gasteiger charge is 2.01. The Labute approximate surface area is 113 Å². The molecular formula is C15H16ClNO. The van der Waals surface area contributed by atoms with Crippen molar-refractivity contribution in [2.75, 3.05) is 17.6 Å². The lowest BCUT2D eigenvalue weighted by Gasteiger charge is -2.15. The van der Waals surface area contributed by atoms with Gasteiger partial charge in [-0.3, -0.25) is 4.42 Å². The molecule has 2 rings (SSSR count). The summed E-state index contributed by atoms with van der Waals surface area (Å²) in [5.74, 6) is 0. The summed E-state index contributed by atoms with van der Waals surface area (Å²) in [4.78, 5) is 0. The van der Waals surface area contributed by atoms with Crippen molar-refractivity contribution in [3.05, 3.63) is 66.2 Å². The van der Waals surface area contributed by atoms with Gasteiger partial charge in [-0.2, -0.15) is 0 Å². The summed E-state index contributed by atoms with van der Waals surface area (Å²) in [6.45, 7) is 1.89. The van der Waals surface area contributed by atoms with Crippen LogP contribution in [0.1, 0.15) is 5.56 Å². The summed E-state index contributed by atoms with van der Waals surface area (Å²) in [6.07, 6.45) is 0. The van der Waals surface area contributed by atoms with Crippen molar-refractivity contribution < 1.29 is 4.74 Å². The summed E-state index contributed by atoms with van der Waals surface area (Å²) in [5.41, 5.74) is 2.17. The Hall–Kier alpha value is -1.51. The number of halogens is 1. The third-order valence-corrected chi connectivity index (χ3v) is 2.94. The summed E-state index contributed by atoms with van der Waals surface area (Å²) >= 11 is 6.14. The van der Waals surface area contributed by atoms with Gasteiger partial charge in [-0.15, -0.1) is 0 Å². The Morgan fingerprint density at radius 2 is 1.50 bits per heavy atom. The van der Waals surface area contributed by atoms with Crippen LogP contribution in [-0.2, 0) is 11.3 Å². The number of para-hydroxylation sites is 1. The molecule has 0 aliphatic carbocycles. The third-order valence-electron chi connectivity index (χ3n) is 2.58. The first-order chi connectivity index (χ1) is 8.86. The highest BCUT2D eigenvalue weighted by atomic mass is 35.5. The van der Waals surface area contributed by atoms with Gasteiger partial charge in [-0.05, 0) is 17.7 Å². The molecule has 0 unspecified atom stereocenters. The van der Waals surface area contributed by atoms with Crippen LogP contribution in [0.25, 0.3) is 0 Å². The standard InChI is InChI=1S/C15H16ClNO/c16-17(15-9-5-2-6-10-15)11-12-18-13-14-7-3-1-4-8-14/h1-10H,11-13H2. The maximum Gasteiger partial charge on any atom is 0.0717 e. The molecule has 0 spiro atoms. The number of hydrogen-bond acceptors (Lipinski definition) is 2. The fraction of sp³-hybridized carbons (Fsp3) is 0.200. The highest BCUT2D eigenvalue weighted by Crippen LogP contribution is 2.14. The van der Waals surface area contributed by atoms with Gasteiger partial charge >= 0.3 is 0 Å². The first-order valence-corrected chi connectivity index (χ1v) is 6.30. The molecule has 18 heavy (non-hydrogen) atoms.